The van der Waals surface area contributed by atoms with Crippen molar-refractivity contribution in [3.05, 3.63) is 35.1 Å². The monoisotopic (exact) mass is 221 g/mol. The van der Waals surface area contributed by atoms with Gasteiger partial charge in [0.1, 0.15) is 5.82 Å². The number of rotatable bonds is 3. The normalized spacial score (nSPS) is 16.9. The van der Waals surface area contributed by atoms with Crippen LogP contribution in [0, 0.1) is 18.2 Å². The summed E-state index contributed by atoms with van der Waals surface area (Å²) in [4.78, 5) is 11.7. The van der Waals surface area contributed by atoms with E-state index in [2.05, 4.69) is 12.2 Å². The van der Waals surface area contributed by atoms with E-state index in [1.54, 1.807) is 13.0 Å². The molecule has 0 spiro atoms. The van der Waals surface area contributed by atoms with Crippen LogP contribution in [0.5, 0.6) is 0 Å². The van der Waals surface area contributed by atoms with Crippen LogP contribution in [-0.2, 0) is 0 Å². The zero-order valence-corrected chi connectivity index (χ0v) is 9.64. The van der Waals surface area contributed by atoms with Gasteiger partial charge in [0.15, 0.2) is 0 Å². The molecule has 2 nitrogen and oxygen atoms in total. The number of nitrogens with one attached hydrogen (secondary N) is 1. The van der Waals surface area contributed by atoms with Gasteiger partial charge >= 0.3 is 0 Å². The minimum absolute atomic E-state index is 0.134. The predicted molar refractivity (Wildman–Crippen MR) is 60.8 cm³/mol. The van der Waals surface area contributed by atoms with Crippen molar-refractivity contribution >= 4 is 5.91 Å². The summed E-state index contributed by atoms with van der Waals surface area (Å²) in [5, 5.41) is 2.78. The first kappa shape index (κ1) is 11.1. The van der Waals surface area contributed by atoms with Crippen LogP contribution in [0.1, 0.15) is 35.7 Å². The van der Waals surface area contributed by atoms with Crippen molar-refractivity contribution in [1.82, 2.24) is 5.32 Å². The third kappa shape index (κ3) is 2.40. The molecule has 1 N–H and O–H groups in total. The predicted octanol–water partition coefficient (Wildman–Crippen LogP) is 2.66. The molecule has 1 aliphatic carbocycles. The molecule has 0 bridgehead atoms. The van der Waals surface area contributed by atoms with Gasteiger partial charge in [0, 0.05) is 6.54 Å². The molecular weight excluding hydrogens is 205 g/mol. The summed E-state index contributed by atoms with van der Waals surface area (Å²) in [5.74, 6) is -0.760. The van der Waals surface area contributed by atoms with Crippen LogP contribution in [0.2, 0.25) is 0 Å². The second kappa shape index (κ2) is 3.89. The van der Waals surface area contributed by atoms with Crippen molar-refractivity contribution in [3.63, 3.8) is 0 Å². The van der Waals surface area contributed by atoms with Crippen molar-refractivity contribution < 1.29 is 9.18 Å². The van der Waals surface area contributed by atoms with E-state index in [0.29, 0.717) is 6.54 Å². The van der Waals surface area contributed by atoms with E-state index >= 15 is 0 Å². The number of carbonyl (C=O) groups is 1. The Hall–Kier alpha value is -1.38. The maximum atomic E-state index is 13.5. The maximum Gasteiger partial charge on any atom is 0.254 e. The van der Waals surface area contributed by atoms with E-state index in [4.69, 9.17) is 0 Å². The van der Waals surface area contributed by atoms with E-state index in [-0.39, 0.29) is 16.9 Å². The molecule has 1 fully saturated rings. The van der Waals surface area contributed by atoms with Crippen LogP contribution in [0.4, 0.5) is 4.39 Å². The highest BCUT2D eigenvalue weighted by Crippen LogP contribution is 2.44. The molecule has 1 aromatic rings. The van der Waals surface area contributed by atoms with Crippen LogP contribution in [0.15, 0.2) is 18.2 Å². The average molecular weight is 221 g/mol. The van der Waals surface area contributed by atoms with Crippen LogP contribution in [-0.4, -0.2) is 12.5 Å². The summed E-state index contributed by atoms with van der Waals surface area (Å²) in [6.07, 6.45) is 2.29. The zero-order chi connectivity index (χ0) is 11.8. The lowest BCUT2D eigenvalue weighted by molar-refractivity contribution is 0.0942. The molecule has 1 aliphatic rings. The maximum absolute atomic E-state index is 13.5. The van der Waals surface area contributed by atoms with Crippen LogP contribution >= 0.6 is 0 Å². The Balaban J connectivity index is 2.02. The minimum Gasteiger partial charge on any atom is -0.351 e. The summed E-state index contributed by atoms with van der Waals surface area (Å²) in [5.41, 5.74) is 1.20. The first-order valence-corrected chi connectivity index (χ1v) is 5.55. The molecule has 0 aliphatic heterocycles. The Kier molecular flexibility index (Phi) is 2.70. The first-order valence-electron chi connectivity index (χ1n) is 5.55. The Labute approximate surface area is 94.9 Å². The number of amides is 1. The summed E-state index contributed by atoms with van der Waals surface area (Å²) in [7, 11) is 0. The Morgan fingerprint density at radius 3 is 2.75 bits per heavy atom. The van der Waals surface area contributed by atoms with E-state index in [1.165, 1.54) is 12.1 Å². The molecule has 0 unspecified atom stereocenters. The Morgan fingerprint density at radius 1 is 1.50 bits per heavy atom. The van der Waals surface area contributed by atoms with Gasteiger partial charge in [-0.15, -0.1) is 0 Å². The molecule has 86 valence electrons. The highest BCUT2D eigenvalue weighted by molar-refractivity contribution is 5.94. The third-order valence-electron chi connectivity index (χ3n) is 3.15. The molecule has 1 aromatic carbocycles. The van der Waals surface area contributed by atoms with Crippen molar-refractivity contribution in [1.29, 1.82) is 0 Å². The van der Waals surface area contributed by atoms with Gasteiger partial charge in [0.05, 0.1) is 5.56 Å². The quantitative estimate of drug-likeness (QED) is 0.835. The lowest BCUT2D eigenvalue weighted by Gasteiger charge is -2.10. The van der Waals surface area contributed by atoms with Gasteiger partial charge in [0.25, 0.3) is 5.91 Å². The second-order valence-electron chi connectivity index (χ2n) is 4.98. The van der Waals surface area contributed by atoms with E-state index in [9.17, 15) is 9.18 Å². The standard InChI is InChI=1S/C13H16FNO/c1-9-3-4-10(11(14)7-9)12(16)15-8-13(2)5-6-13/h3-4,7H,5-6,8H2,1-2H3,(H,15,16). The molecule has 0 heterocycles. The van der Waals surface area contributed by atoms with Gasteiger partial charge in [-0.1, -0.05) is 13.0 Å². The number of aryl methyl sites for hydroxylation is 1. The highest BCUT2D eigenvalue weighted by Gasteiger charge is 2.37. The molecule has 1 amide bonds. The van der Waals surface area contributed by atoms with Crippen LogP contribution < -0.4 is 5.32 Å². The number of hydrogen-bond acceptors (Lipinski definition) is 1. The smallest absolute Gasteiger partial charge is 0.254 e. The van der Waals surface area contributed by atoms with Crippen LogP contribution in [0.25, 0.3) is 0 Å². The average Bonchev–Trinajstić information content (AvgIpc) is 2.94. The zero-order valence-electron chi connectivity index (χ0n) is 9.64. The molecule has 0 aromatic heterocycles. The van der Waals surface area contributed by atoms with Gasteiger partial charge in [0.2, 0.25) is 0 Å². The van der Waals surface area contributed by atoms with Crippen molar-refractivity contribution in [2.75, 3.05) is 6.54 Å². The molecule has 16 heavy (non-hydrogen) atoms. The van der Waals surface area contributed by atoms with Gasteiger partial charge in [-0.05, 0) is 42.9 Å². The molecule has 0 saturated heterocycles. The first-order chi connectivity index (χ1) is 7.50. The highest BCUT2D eigenvalue weighted by atomic mass is 19.1. The number of hydrogen-bond donors (Lipinski definition) is 1. The third-order valence-corrected chi connectivity index (χ3v) is 3.15. The SMILES string of the molecule is Cc1ccc(C(=O)NCC2(C)CC2)c(F)c1. The fraction of sp³-hybridized carbons (Fsp3) is 0.462. The van der Waals surface area contributed by atoms with E-state index in [1.807, 2.05) is 0 Å². The number of halogens is 1. The van der Waals surface area contributed by atoms with E-state index < -0.39 is 5.82 Å². The number of carbonyl (C=O) groups excluding carboxylic acids is 1. The lowest BCUT2D eigenvalue weighted by Crippen LogP contribution is -2.29. The summed E-state index contributed by atoms with van der Waals surface area (Å²) < 4.78 is 13.5. The lowest BCUT2D eigenvalue weighted by atomic mass is 10.1. The minimum atomic E-state index is -0.446. The Bertz CT molecular complexity index is 424. The van der Waals surface area contributed by atoms with Crippen molar-refractivity contribution in [2.24, 2.45) is 5.41 Å². The molecular formula is C13H16FNO. The van der Waals surface area contributed by atoms with Gasteiger partial charge < -0.3 is 5.32 Å². The fourth-order valence-corrected chi connectivity index (χ4v) is 1.58. The molecule has 0 radical (unpaired) electrons. The topological polar surface area (TPSA) is 29.1 Å². The largest absolute Gasteiger partial charge is 0.351 e. The number of benzene rings is 1. The van der Waals surface area contributed by atoms with Crippen molar-refractivity contribution in [3.8, 4) is 0 Å². The Morgan fingerprint density at radius 2 is 2.19 bits per heavy atom. The molecule has 1 saturated carbocycles. The molecule has 2 rings (SSSR count). The summed E-state index contributed by atoms with van der Waals surface area (Å²) in [6.45, 7) is 4.56. The molecule has 0 atom stereocenters. The summed E-state index contributed by atoms with van der Waals surface area (Å²) >= 11 is 0. The second-order valence-corrected chi connectivity index (χ2v) is 4.98. The summed E-state index contributed by atoms with van der Waals surface area (Å²) in [6, 6.07) is 4.67. The van der Waals surface area contributed by atoms with Gasteiger partial charge in [-0.25, -0.2) is 4.39 Å². The van der Waals surface area contributed by atoms with Crippen LogP contribution in [0.3, 0.4) is 0 Å². The van der Waals surface area contributed by atoms with Gasteiger partial charge in [-0.3, -0.25) is 4.79 Å². The van der Waals surface area contributed by atoms with Gasteiger partial charge in [-0.2, -0.15) is 0 Å². The molecule has 3 heteroatoms. The van der Waals surface area contributed by atoms with Crippen molar-refractivity contribution in [2.45, 2.75) is 26.7 Å². The van der Waals surface area contributed by atoms with E-state index in [0.717, 1.165) is 18.4 Å². The fourth-order valence-electron chi connectivity index (χ4n) is 1.58.